The van der Waals surface area contributed by atoms with E-state index in [2.05, 4.69) is 42.4 Å². The van der Waals surface area contributed by atoms with Crippen molar-refractivity contribution in [3.63, 3.8) is 0 Å². The fourth-order valence-electron chi connectivity index (χ4n) is 2.89. The molecule has 3 aromatic rings. The molecule has 1 amide bonds. The van der Waals surface area contributed by atoms with Crippen molar-refractivity contribution < 1.29 is 4.79 Å². The summed E-state index contributed by atoms with van der Waals surface area (Å²) in [4.78, 5) is 17.1. The molecule has 0 aliphatic carbocycles. The van der Waals surface area contributed by atoms with Gasteiger partial charge < -0.3 is 5.32 Å². The average molecular weight is 391 g/mol. The van der Waals surface area contributed by atoms with Gasteiger partial charge in [0, 0.05) is 12.4 Å². The number of hydrogen-bond donors (Lipinski definition) is 1. The molecule has 28 heavy (non-hydrogen) atoms. The summed E-state index contributed by atoms with van der Waals surface area (Å²) in [6, 6.07) is 17.3. The summed E-state index contributed by atoms with van der Waals surface area (Å²) in [7, 11) is 0. The molecule has 1 atom stereocenters. The predicted octanol–water partition coefficient (Wildman–Crippen LogP) is 4.99. The number of benzene rings is 2. The minimum atomic E-state index is -0.376. The van der Waals surface area contributed by atoms with E-state index in [4.69, 9.17) is 0 Å². The van der Waals surface area contributed by atoms with Crippen LogP contribution < -0.4 is 5.32 Å². The van der Waals surface area contributed by atoms with Gasteiger partial charge in [-0.2, -0.15) is 5.26 Å². The molecule has 1 aromatic heterocycles. The largest absolute Gasteiger partial charge is 0.324 e. The zero-order valence-corrected chi connectivity index (χ0v) is 16.9. The number of carbonyl (C=O) groups is 1. The Morgan fingerprint density at radius 1 is 1.14 bits per heavy atom. The van der Waals surface area contributed by atoms with E-state index in [1.54, 1.807) is 30.5 Å². The Morgan fingerprint density at radius 3 is 2.61 bits per heavy atom. The highest BCUT2D eigenvalue weighted by Gasteiger charge is 2.20. The number of hydrogen-bond acceptors (Lipinski definition) is 4. The smallest absolute Gasteiger partial charge is 0.237 e. The Labute approximate surface area is 169 Å². The number of aromatic nitrogens is 2. The number of para-hydroxylation sites is 2. The van der Waals surface area contributed by atoms with Gasteiger partial charge in [0.25, 0.3) is 0 Å². The van der Waals surface area contributed by atoms with Crippen LogP contribution in [0.25, 0.3) is 5.69 Å². The van der Waals surface area contributed by atoms with E-state index in [-0.39, 0.29) is 11.2 Å². The van der Waals surface area contributed by atoms with Crippen LogP contribution in [-0.2, 0) is 4.79 Å². The van der Waals surface area contributed by atoms with E-state index >= 15 is 0 Å². The monoisotopic (exact) mass is 390 g/mol. The molecule has 1 N–H and O–H groups in total. The fourth-order valence-corrected chi connectivity index (χ4v) is 3.77. The molecule has 1 heterocycles. The van der Waals surface area contributed by atoms with Crippen molar-refractivity contribution in [2.45, 2.75) is 37.1 Å². The van der Waals surface area contributed by atoms with Crippen molar-refractivity contribution in [2.75, 3.05) is 5.32 Å². The number of nitrogens with zero attached hydrogens (tertiary/aromatic N) is 3. The predicted molar refractivity (Wildman–Crippen MR) is 113 cm³/mol. The van der Waals surface area contributed by atoms with Crippen LogP contribution in [0.15, 0.2) is 66.1 Å². The molecule has 0 saturated carbocycles. The third-order valence-electron chi connectivity index (χ3n) is 4.38. The van der Waals surface area contributed by atoms with Crippen LogP contribution in [0.3, 0.4) is 0 Å². The zero-order valence-electron chi connectivity index (χ0n) is 16.1. The van der Waals surface area contributed by atoms with Crippen molar-refractivity contribution in [1.82, 2.24) is 9.55 Å². The molecule has 0 saturated heterocycles. The highest BCUT2D eigenvalue weighted by molar-refractivity contribution is 8.00. The highest BCUT2D eigenvalue weighted by Crippen LogP contribution is 2.29. The fraction of sp³-hybridized carbons (Fsp3) is 0.227. The van der Waals surface area contributed by atoms with E-state index < -0.39 is 0 Å². The molecule has 0 radical (unpaired) electrons. The molecule has 0 spiro atoms. The normalized spacial score (nSPS) is 11.8. The molecule has 3 rings (SSSR count). The molecule has 0 aliphatic heterocycles. The molecule has 1 unspecified atom stereocenters. The number of amides is 1. The van der Waals surface area contributed by atoms with Crippen molar-refractivity contribution >= 4 is 23.4 Å². The van der Waals surface area contributed by atoms with Crippen LogP contribution >= 0.6 is 11.8 Å². The van der Waals surface area contributed by atoms with Gasteiger partial charge in [0.2, 0.25) is 5.91 Å². The molecule has 0 aliphatic rings. The van der Waals surface area contributed by atoms with Gasteiger partial charge >= 0.3 is 0 Å². The molecule has 6 heteroatoms. The molecule has 142 valence electrons. The van der Waals surface area contributed by atoms with E-state index in [1.165, 1.54) is 17.3 Å². The summed E-state index contributed by atoms with van der Waals surface area (Å²) in [5, 5.41) is 12.4. The molecule has 0 bridgehead atoms. The summed E-state index contributed by atoms with van der Waals surface area (Å²) in [5.74, 6) is 0.207. The van der Waals surface area contributed by atoms with Crippen LogP contribution in [-0.4, -0.2) is 20.7 Å². The Kier molecular flexibility index (Phi) is 6.17. The Balaban J connectivity index is 1.79. The maximum Gasteiger partial charge on any atom is 0.237 e. The maximum absolute atomic E-state index is 12.7. The number of nitriles is 1. The first-order valence-electron chi connectivity index (χ1n) is 9.10. The van der Waals surface area contributed by atoms with Crippen LogP contribution in [0.2, 0.25) is 0 Å². The van der Waals surface area contributed by atoms with E-state index in [9.17, 15) is 10.1 Å². The third-order valence-corrected chi connectivity index (χ3v) is 5.46. The topological polar surface area (TPSA) is 70.7 Å². The quantitative estimate of drug-likeness (QED) is 0.602. The van der Waals surface area contributed by atoms with Gasteiger partial charge in [-0.15, -0.1) is 0 Å². The summed E-state index contributed by atoms with van der Waals surface area (Å²) >= 11 is 1.39. The summed E-state index contributed by atoms with van der Waals surface area (Å²) in [6.07, 6.45) is 3.66. The van der Waals surface area contributed by atoms with E-state index in [0.717, 1.165) is 10.8 Å². The lowest BCUT2D eigenvalue weighted by Crippen LogP contribution is -2.23. The van der Waals surface area contributed by atoms with Gasteiger partial charge in [-0.3, -0.25) is 9.36 Å². The van der Waals surface area contributed by atoms with Crippen LogP contribution in [0, 0.1) is 11.3 Å². The minimum Gasteiger partial charge on any atom is -0.324 e. The van der Waals surface area contributed by atoms with Crippen molar-refractivity contribution in [3.8, 4) is 11.8 Å². The maximum atomic E-state index is 12.7. The number of carbonyl (C=O) groups excluding carboxylic acids is 1. The van der Waals surface area contributed by atoms with Gasteiger partial charge in [-0.05, 0) is 36.6 Å². The first-order valence-corrected chi connectivity index (χ1v) is 9.98. The number of thioether (sulfide) groups is 1. The van der Waals surface area contributed by atoms with Crippen molar-refractivity contribution in [1.29, 1.82) is 5.26 Å². The number of imidazole rings is 1. The zero-order chi connectivity index (χ0) is 20.1. The second-order valence-corrected chi connectivity index (χ2v) is 8.01. The van der Waals surface area contributed by atoms with Gasteiger partial charge in [-0.25, -0.2) is 4.98 Å². The summed E-state index contributed by atoms with van der Waals surface area (Å²) < 4.78 is 2.02. The van der Waals surface area contributed by atoms with Gasteiger partial charge in [0.05, 0.1) is 22.2 Å². The average Bonchev–Trinajstić information content (AvgIpc) is 3.16. The van der Waals surface area contributed by atoms with Crippen LogP contribution in [0.4, 0.5) is 5.69 Å². The first kappa shape index (κ1) is 19.7. The lowest BCUT2D eigenvalue weighted by molar-refractivity contribution is -0.115. The number of nitrogens with one attached hydrogen (secondary N) is 1. The molecule has 0 fully saturated rings. The van der Waals surface area contributed by atoms with E-state index in [0.29, 0.717) is 17.2 Å². The summed E-state index contributed by atoms with van der Waals surface area (Å²) in [5.41, 5.74) is 3.26. The number of rotatable bonds is 6. The Morgan fingerprint density at radius 2 is 1.86 bits per heavy atom. The molecule has 5 nitrogen and oxygen atoms in total. The lowest BCUT2D eigenvalue weighted by Gasteiger charge is -2.17. The van der Waals surface area contributed by atoms with Gasteiger partial charge in [-0.1, -0.05) is 55.9 Å². The second kappa shape index (κ2) is 8.77. The van der Waals surface area contributed by atoms with Gasteiger partial charge in [0.1, 0.15) is 6.07 Å². The molecule has 2 aromatic carbocycles. The standard InChI is InChI=1S/C22H22N4OS/c1-15(2)18-9-5-7-11-20(18)26-13-12-24-22(26)28-16(3)21(27)25-19-10-6-4-8-17(19)14-23/h4-13,15-16H,1-3H3,(H,25,27). The third kappa shape index (κ3) is 4.26. The molecular formula is C22H22N4OS. The van der Waals surface area contributed by atoms with Crippen LogP contribution in [0.1, 0.15) is 37.8 Å². The highest BCUT2D eigenvalue weighted by atomic mass is 32.2. The second-order valence-electron chi connectivity index (χ2n) is 6.70. The first-order chi connectivity index (χ1) is 13.5. The molecular weight excluding hydrogens is 368 g/mol. The van der Waals surface area contributed by atoms with Gasteiger partial charge in [0.15, 0.2) is 5.16 Å². The minimum absolute atomic E-state index is 0.167. The summed E-state index contributed by atoms with van der Waals surface area (Å²) in [6.45, 7) is 6.15. The van der Waals surface area contributed by atoms with Crippen LogP contribution in [0.5, 0.6) is 0 Å². The van der Waals surface area contributed by atoms with Crippen molar-refractivity contribution in [3.05, 3.63) is 72.1 Å². The lowest BCUT2D eigenvalue weighted by atomic mass is 10.0. The SMILES string of the molecule is CC(Sc1nccn1-c1ccccc1C(C)C)C(=O)Nc1ccccc1C#N. The Bertz CT molecular complexity index is 1020. The van der Waals surface area contributed by atoms with Crippen molar-refractivity contribution in [2.24, 2.45) is 0 Å². The Hall–Kier alpha value is -3.04. The number of anilines is 1. The van der Waals surface area contributed by atoms with E-state index in [1.807, 2.05) is 29.8 Å².